The van der Waals surface area contributed by atoms with Gasteiger partial charge in [-0.1, -0.05) is 60.7 Å². The summed E-state index contributed by atoms with van der Waals surface area (Å²) in [6, 6.07) is 20.8. The third kappa shape index (κ3) is 2.56. The smallest absolute Gasteiger partial charge is 0.0622 e. The summed E-state index contributed by atoms with van der Waals surface area (Å²) in [5.41, 5.74) is 2.55. The van der Waals surface area contributed by atoms with Gasteiger partial charge in [-0.15, -0.1) is 0 Å². The van der Waals surface area contributed by atoms with Crippen molar-refractivity contribution in [3.63, 3.8) is 0 Å². The van der Waals surface area contributed by atoms with Crippen LogP contribution in [0.3, 0.4) is 0 Å². The standard InChI is InChI=1S/C12H10.H2I/c1-3-7-11(8-4-1)12-9-5-2-6-10-12;/h1-10H;1H2/q;+1. The van der Waals surface area contributed by atoms with Gasteiger partial charge in [0.05, 0.1) is 0 Å². The Bertz CT molecular complexity index is 303. The molecule has 0 spiro atoms. The van der Waals surface area contributed by atoms with Crippen LogP contribution in [0.15, 0.2) is 60.7 Å². The first-order valence-corrected chi connectivity index (χ1v) is 4.07. The monoisotopic (exact) mass is 283 g/mol. The maximum absolute atomic E-state index is 2.12. The summed E-state index contributed by atoms with van der Waals surface area (Å²) in [5.74, 6) is 0. The molecule has 0 saturated heterocycles. The number of rotatable bonds is 1. The van der Waals surface area contributed by atoms with E-state index in [4.69, 9.17) is 0 Å². The molecular formula is C12H12I+. The molecule has 0 fully saturated rings. The summed E-state index contributed by atoms with van der Waals surface area (Å²) >= 11 is 0. The van der Waals surface area contributed by atoms with Gasteiger partial charge in [0.25, 0.3) is 0 Å². The van der Waals surface area contributed by atoms with E-state index in [0.29, 0.717) is 0 Å². The van der Waals surface area contributed by atoms with E-state index in [0.717, 1.165) is 0 Å². The van der Waals surface area contributed by atoms with Crippen molar-refractivity contribution in [3.05, 3.63) is 60.7 Å². The molecule has 0 heterocycles. The molecule has 66 valence electrons. The van der Waals surface area contributed by atoms with Crippen LogP contribution in [0.1, 0.15) is 0 Å². The zero-order valence-electron chi connectivity index (χ0n) is 7.22. The van der Waals surface area contributed by atoms with Crippen molar-refractivity contribution in [3.8, 4) is 11.1 Å². The fourth-order valence-corrected chi connectivity index (χ4v) is 1.26. The number of hydrogen-bond acceptors (Lipinski definition) is 0. The lowest BCUT2D eigenvalue weighted by molar-refractivity contribution is -0.00000232. The molecule has 0 aliphatic rings. The Balaban J connectivity index is 0.000000845. The SMILES string of the molecule is [IH2+].c1ccc(-c2ccccc2)cc1. The molecular weight excluding hydrogens is 271 g/mol. The lowest BCUT2D eigenvalue weighted by Crippen LogP contribution is -3.00. The Morgan fingerprint density at radius 3 is 1.08 bits per heavy atom. The van der Waals surface area contributed by atoms with Crippen molar-refractivity contribution in [2.45, 2.75) is 0 Å². The van der Waals surface area contributed by atoms with Crippen LogP contribution >= 0.6 is 0 Å². The fourth-order valence-electron chi connectivity index (χ4n) is 1.26. The molecule has 0 aromatic heterocycles. The third-order valence-corrected chi connectivity index (χ3v) is 1.88. The van der Waals surface area contributed by atoms with E-state index in [1.807, 2.05) is 12.1 Å². The van der Waals surface area contributed by atoms with Gasteiger partial charge < -0.3 is 0 Å². The molecule has 0 amide bonds. The molecule has 0 saturated carbocycles. The molecule has 1 heteroatoms. The Hall–Kier alpha value is -0.830. The molecule has 2 rings (SSSR count). The zero-order chi connectivity index (χ0) is 8.23. The average molecular weight is 283 g/mol. The molecule has 0 atom stereocenters. The summed E-state index contributed by atoms with van der Waals surface area (Å²) in [6.07, 6.45) is 0. The molecule has 0 aliphatic carbocycles. The van der Waals surface area contributed by atoms with Crippen LogP contribution in [-0.2, 0) is 0 Å². The highest BCUT2D eigenvalue weighted by Gasteiger charge is 1.91. The molecule has 2 aromatic carbocycles. The molecule has 2 aromatic rings. The van der Waals surface area contributed by atoms with Crippen LogP contribution in [0.25, 0.3) is 11.1 Å². The van der Waals surface area contributed by atoms with Gasteiger partial charge in [-0.05, 0) is 11.1 Å². The summed E-state index contributed by atoms with van der Waals surface area (Å²) in [4.78, 5) is 0. The highest BCUT2D eigenvalue weighted by Crippen LogP contribution is 2.17. The van der Waals surface area contributed by atoms with Crippen LogP contribution in [0.4, 0.5) is 0 Å². The minimum Gasteiger partial charge on any atom is -0.0622 e. The van der Waals surface area contributed by atoms with E-state index < -0.39 is 0 Å². The van der Waals surface area contributed by atoms with Gasteiger partial charge in [0.1, 0.15) is 0 Å². The number of halogens is 1. The molecule has 0 unspecified atom stereocenters. The van der Waals surface area contributed by atoms with Crippen LogP contribution in [0.2, 0.25) is 0 Å². The lowest BCUT2D eigenvalue weighted by Gasteiger charge is -1.98. The van der Waals surface area contributed by atoms with E-state index in [1.54, 1.807) is 0 Å². The second-order valence-electron chi connectivity index (χ2n) is 2.73. The van der Waals surface area contributed by atoms with Crippen LogP contribution in [0, 0.1) is 0 Å². The zero-order valence-corrected chi connectivity index (χ0v) is 9.77. The minimum absolute atomic E-state index is 0. The fraction of sp³-hybridized carbons (Fsp3) is 0. The van der Waals surface area contributed by atoms with Gasteiger partial charge in [0.2, 0.25) is 24.0 Å². The van der Waals surface area contributed by atoms with Gasteiger partial charge in [0.15, 0.2) is 0 Å². The highest BCUT2D eigenvalue weighted by atomic mass is 127. The second kappa shape index (κ2) is 5.02. The predicted octanol–water partition coefficient (Wildman–Crippen LogP) is -0.178. The summed E-state index contributed by atoms with van der Waals surface area (Å²) in [6.45, 7) is 0. The molecule has 0 bridgehead atoms. The summed E-state index contributed by atoms with van der Waals surface area (Å²) in [7, 11) is 0. The van der Waals surface area contributed by atoms with Gasteiger partial charge in [-0.3, -0.25) is 0 Å². The Morgan fingerprint density at radius 2 is 0.769 bits per heavy atom. The number of benzene rings is 2. The molecule has 0 N–H and O–H groups in total. The van der Waals surface area contributed by atoms with E-state index in [2.05, 4.69) is 48.5 Å². The Morgan fingerprint density at radius 1 is 0.462 bits per heavy atom. The maximum atomic E-state index is 2.12. The van der Waals surface area contributed by atoms with E-state index in [1.165, 1.54) is 11.1 Å². The highest BCUT2D eigenvalue weighted by molar-refractivity contribution is 5.62. The number of hydrogen-bond donors (Lipinski definition) is 0. The van der Waals surface area contributed by atoms with Crippen molar-refractivity contribution in [1.82, 2.24) is 0 Å². The van der Waals surface area contributed by atoms with Gasteiger partial charge >= 0.3 is 0 Å². The van der Waals surface area contributed by atoms with Gasteiger partial charge in [0, 0.05) is 0 Å². The predicted molar refractivity (Wildman–Crippen MR) is 54.7 cm³/mol. The Labute approximate surface area is 95.6 Å². The second-order valence-corrected chi connectivity index (χ2v) is 2.73. The van der Waals surface area contributed by atoms with Crippen molar-refractivity contribution in [2.24, 2.45) is 0 Å². The quantitative estimate of drug-likeness (QED) is 0.637. The summed E-state index contributed by atoms with van der Waals surface area (Å²) in [5, 5.41) is 0. The van der Waals surface area contributed by atoms with Crippen LogP contribution in [-0.4, -0.2) is 0 Å². The van der Waals surface area contributed by atoms with Crippen LogP contribution < -0.4 is 24.0 Å². The van der Waals surface area contributed by atoms with Crippen molar-refractivity contribution in [2.75, 3.05) is 0 Å². The van der Waals surface area contributed by atoms with E-state index in [9.17, 15) is 0 Å². The molecule has 0 nitrogen and oxygen atoms in total. The van der Waals surface area contributed by atoms with Crippen molar-refractivity contribution in [1.29, 1.82) is 0 Å². The van der Waals surface area contributed by atoms with E-state index >= 15 is 0 Å². The average Bonchev–Trinajstić information content (AvgIpc) is 2.21. The normalized spacial score (nSPS) is 8.92. The topological polar surface area (TPSA) is 0 Å². The summed E-state index contributed by atoms with van der Waals surface area (Å²) < 4.78 is 0. The van der Waals surface area contributed by atoms with Gasteiger partial charge in [-0.2, -0.15) is 0 Å². The third-order valence-electron chi connectivity index (χ3n) is 1.88. The van der Waals surface area contributed by atoms with Crippen molar-refractivity contribution >= 4 is 0 Å². The first-order chi connectivity index (χ1) is 5.97. The first-order valence-electron chi connectivity index (χ1n) is 4.07. The Kier molecular flexibility index (Phi) is 3.96. The first kappa shape index (κ1) is 10.3. The van der Waals surface area contributed by atoms with Crippen molar-refractivity contribution < 1.29 is 24.0 Å². The maximum Gasteiger partial charge on any atom is 0.235 e. The molecule has 0 aliphatic heterocycles. The minimum atomic E-state index is 0. The van der Waals surface area contributed by atoms with Crippen LogP contribution in [0.5, 0.6) is 0 Å². The lowest BCUT2D eigenvalue weighted by atomic mass is 10.1. The largest absolute Gasteiger partial charge is 0.235 e. The van der Waals surface area contributed by atoms with E-state index in [-0.39, 0.29) is 24.0 Å². The molecule has 0 radical (unpaired) electrons. The molecule has 13 heavy (non-hydrogen) atoms. The van der Waals surface area contributed by atoms with Gasteiger partial charge in [-0.25, -0.2) is 0 Å².